The van der Waals surface area contributed by atoms with Gasteiger partial charge in [-0.2, -0.15) is 5.01 Å². The van der Waals surface area contributed by atoms with Crippen molar-refractivity contribution in [2.24, 2.45) is 0 Å². The number of halogens is 1. The predicted molar refractivity (Wildman–Crippen MR) is 35.8 cm³/mol. The molecule has 0 spiro atoms. The first-order valence-electron chi connectivity index (χ1n) is 2.18. The highest BCUT2D eigenvalue weighted by molar-refractivity contribution is 14.1. The van der Waals surface area contributed by atoms with Gasteiger partial charge in [-0.3, -0.25) is 0 Å². The van der Waals surface area contributed by atoms with Gasteiger partial charge >= 0.3 is 6.29 Å². The molecule has 0 aromatic heterocycles. The number of hydrogen-bond acceptors (Lipinski definition) is 4. The number of aliphatic hydroxyl groups is 1. The Morgan fingerprint density at radius 3 is 2.62 bits per heavy atom. The van der Waals surface area contributed by atoms with Crippen molar-refractivity contribution in [1.82, 2.24) is 10.6 Å². The van der Waals surface area contributed by atoms with Gasteiger partial charge in [0.25, 0.3) is 0 Å². The molecule has 5 heteroatoms. The summed E-state index contributed by atoms with van der Waals surface area (Å²) in [6, 6.07) is 0. The molecule has 4 nitrogen and oxygen atoms in total. The summed E-state index contributed by atoms with van der Waals surface area (Å²) in [5, 5.41) is 10.5. The van der Waals surface area contributed by atoms with Crippen molar-refractivity contribution in [3.8, 4) is 0 Å². The number of hydrogen-bond donors (Lipinski definition) is 2. The number of nitrogens with zero attached hydrogens (tertiary/aromatic N) is 1. The van der Waals surface area contributed by atoms with E-state index in [1.54, 1.807) is 12.1 Å². The van der Waals surface area contributed by atoms with Crippen molar-refractivity contribution in [3.63, 3.8) is 0 Å². The van der Waals surface area contributed by atoms with Gasteiger partial charge in [-0.25, -0.2) is 0 Å². The molecule has 0 amide bonds. The molecule has 0 bridgehead atoms. The minimum Gasteiger partial charge on any atom is -0.318 e. The molecule has 2 unspecified atom stereocenters. The van der Waals surface area contributed by atoms with Gasteiger partial charge in [0.15, 0.2) is 4.05 Å². The molecule has 0 aliphatic carbocycles. The first kappa shape index (κ1) is 6.69. The molecule has 0 saturated carbocycles. The van der Waals surface area contributed by atoms with Crippen LogP contribution in [-0.2, 0) is 4.84 Å². The Bertz CT molecular complexity index is 81.4. The summed E-state index contributed by atoms with van der Waals surface area (Å²) < 4.78 is 0.00704. The maximum absolute atomic E-state index is 8.83. The molecule has 1 aliphatic rings. The Kier molecular flexibility index (Phi) is 2.04. The molecule has 2 atom stereocenters. The van der Waals surface area contributed by atoms with E-state index in [1.165, 1.54) is 0 Å². The summed E-state index contributed by atoms with van der Waals surface area (Å²) in [5.74, 6) is 0. The quantitative estimate of drug-likeness (QED) is 0.253. The van der Waals surface area contributed by atoms with Gasteiger partial charge in [-0.1, -0.05) is 22.6 Å². The normalized spacial score (nSPS) is 40.9. The van der Waals surface area contributed by atoms with Crippen molar-refractivity contribution < 1.29 is 9.94 Å². The van der Waals surface area contributed by atoms with E-state index in [-0.39, 0.29) is 4.05 Å². The Morgan fingerprint density at radius 2 is 2.50 bits per heavy atom. The first-order valence-corrected chi connectivity index (χ1v) is 3.42. The molecular weight excluding hydrogens is 223 g/mol. The van der Waals surface area contributed by atoms with E-state index in [4.69, 9.17) is 5.11 Å². The van der Waals surface area contributed by atoms with E-state index in [1.807, 2.05) is 0 Å². The Hall–Kier alpha value is 0.570. The van der Waals surface area contributed by atoms with Crippen molar-refractivity contribution in [1.29, 1.82) is 0 Å². The molecule has 1 radical (unpaired) electrons. The zero-order valence-electron chi connectivity index (χ0n) is 4.34. The zero-order chi connectivity index (χ0) is 6.15. The largest absolute Gasteiger partial charge is 0.394 e. The van der Waals surface area contributed by atoms with Gasteiger partial charge in [0, 0.05) is 11.9 Å². The highest BCUT2D eigenvalue weighted by Gasteiger charge is 2.40. The van der Waals surface area contributed by atoms with Gasteiger partial charge < -0.3 is 5.11 Å². The average Bonchev–Trinajstić information content (AvgIpc) is 1.98. The van der Waals surface area contributed by atoms with Crippen molar-refractivity contribution in [3.05, 3.63) is 0 Å². The van der Waals surface area contributed by atoms with Crippen LogP contribution in [0.2, 0.25) is 0 Å². The van der Waals surface area contributed by atoms with Crippen LogP contribution in [0.15, 0.2) is 0 Å². The van der Waals surface area contributed by atoms with Crippen LogP contribution in [-0.4, -0.2) is 27.5 Å². The fourth-order valence-electron chi connectivity index (χ4n) is 0.435. The van der Waals surface area contributed by atoms with Crippen LogP contribution >= 0.6 is 22.6 Å². The van der Waals surface area contributed by atoms with E-state index in [0.29, 0.717) is 0 Å². The maximum Gasteiger partial charge on any atom is 0.394 e. The van der Waals surface area contributed by atoms with E-state index in [9.17, 15) is 0 Å². The smallest absolute Gasteiger partial charge is 0.318 e. The van der Waals surface area contributed by atoms with Gasteiger partial charge in [-0.05, 0) is 0 Å². The number of hydrazine groups is 1. The molecule has 8 heavy (non-hydrogen) atoms. The number of likely N-dealkylation sites (N-methyl/N-ethyl adjacent to an activating group) is 1. The molecule has 0 aromatic rings. The monoisotopic (exact) mass is 230 g/mol. The lowest BCUT2D eigenvalue weighted by molar-refractivity contribution is -0.109. The molecule has 47 valence electrons. The van der Waals surface area contributed by atoms with Crippen LogP contribution < -0.4 is 5.59 Å². The molecule has 1 saturated heterocycles. The summed E-state index contributed by atoms with van der Waals surface area (Å²) in [6.45, 7) is 0. The summed E-state index contributed by atoms with van der Waals surface area (Å²) in [6.07, 6.45) is -0.708. The van der Waals surface area contributed by atoms with Crippen molar-refractivity contribution >= 4 is 22.6 Å². The first-order chi connectivity index (χ1) is 3.72. The van der Waals surface area contributed by atoms with Crippen LogP contribution in [0.3, 0.4) is 0 Å². The number of rotatable bonds is 0. The average molecular weight is 230 g/mol. The topological polar surface area (TPSA) is 46.8 Å². The fourth-order valence-corrected chi connectivity index (χ4v) is 0.695. The summed E-state index contributed by atoms with van der Waals surface area (Å²) >= 11 is 2.07. The van der Waals surface area contributed by atoms with Crippen molar-refractivity contribution in [2.45, 2.75) is 10.3 Å². The lowest BCUT2D eigenvalue weighted by Crippen LogP contribution is -2.30. The molecular formula is C3H7IN2O2+. The standard InChI is InChI=1S/C3H7IN2O2/c1-6-2(4)3(7)8-5-6/h2-3,5,7H,1H3/q+1. The highest BCUT2D eigenvalue weighted by Crippen LogP contribution is 2.14. The van der Waals surface area contributed by atoms with Gasteiger partial charge in [0.05, 0.1) is 5.59 Å². The van der Waals surface area contributed by atoms with Crippen LogP contribution in [0.5, 0.6) is 0 Å². The number of aliphatic hydroxyl groups excluding tert-OH is 1. The molecule has 1 rings (SSSR count). The second-order valence-electron chi connectivity index (χ2n) is 1.58. The van der Waals surface area contributed by atoms with E-state index < -0.39 is 6.29 Å². The maximum atomic E-state index is 8.83. The summed E-state index contributed by atoms with van der Waals surface area (Å²) in [4.78, 5) is 4.60. The van der Waals surface area contributed by atoms with Crippen LogP contribution in [0, 0.1) is 0 Å². The van der Waals surface area contributed by atoms with E-state index >= 15 is 0 Å². The van der Waals surface area contributed by atoms with Gasteiger partial charge in [0.2, 0.25) is 0 Å². The molecule has 0 aromatic carbocycles. The number of nitrogens with one attached hydrogen (secondary N) is 1. The van der Waals surface area contributed by atoms with E-state index in [2.05, 4.69) is 33.0 Å². The van der Waals surface area contributed by atoms with Crippen LogP contribution in [0.4, 0.5) is 0 Å². The van der Waals surface area contributed by atoms with Crippen LogP contribution in [0.25, 0.3) is 0 Å². The SMILES string of the molecule is CN1N[O+]C(O)C1I. The molecule has 1 heterocycles. The van der Waals surface area contributed by atoms with Crippen molar-refractivity contribution in [2.75, 3.05) is 7.05 Å². The number of alkyl halides is 1. The third kappa shape index (κ3) is 1.11. The second kappa shape index (κ2) is 2.44. The summed E-state index contributed by atoms with van der Waals surface area (Å²) in [7, 11) is 1.80. The highest BCUT2D eigenvalue weighted by atomic mass is 127. The van der Waals surface area contributed by atoms with E-state index in [0.717, 1.165) is 0 Å². The molecule has 1 aliphatic heterocycles. The third-order valence-electron chi connectivity index (χ3n) is 0.923. The summed E-state index contributed by atoms with van der Waals surface area (Å²) in [5.41, 5.74) is 2.49. The Morgan fingerprint density at radius 1 is 1.88 bits per heavy atom. The predicted octanol–water partition coefficient (Wildman–Crippen LogP) is -0.552. The zero-order valence-corrected chi connectivity index (χ0v) is 6.49. The molecule has 1 fully saturated rings. The van der Waals surface area contributed by atoms with Gasteiger partial charge in [0.1, 0.15) is 0 Å². The van der Waals surface area contributed by atoms with Crippen LogP contribution in [0.1, 0.15) is 0 Å². The lowest BCUT2D eigenvalue weighted by Gasteiger charge is -2.01. The fraction of sp³-hybridized carbons (Fsp3) is 1.00. The third-order valence-corrected chi connectivity index (χ3v) is 2.37. The lowest BCUT2D eigenvalue weighted by atomic mass is 10.6. The minimum absolute atomic E-state index is 0.00704. The second-order valence-corrected chi connectivity index (χ2v) is 2.86. The Labute approximate surface area is 60.9 Å². The minimum atomic E-state index is -0.708. The molecule has 2 N–H and O–H groups in total. The Balaban J connectivity index is 2.44. The van der Waals surface area contributed by atoms with Gasteiger partial charge in [-0.15, -0.1) is 0 Å².